The summed E-state index contributed by atoms with van der Waals surface area (Å²) in [7, 11) is 0. The van der Waals surface area contributed by atoms with Gasteiger partial charge in [0.1, 0.15) is 0 Å². The fourth-order valence-electron chi connectivity index (χ4n) is 4.21. The van der Waals surface area contributed by atoms with Crippen molar-refractivity contribution < 1.29 is 9.90 Å². The lowest BCUT2D eigenvalue weighted by atomic mass is 9.47. The fraction of sp³-hybridized carbons (Fsp3) is 0.706. The Bertz CT molecular complexity index is 599. The molecule has 0 saturated heterocycles. The molecule has 4 aliphatic rings. The van der Waals surface area contributed by atoms with Crippen molar-refractivity contribution >= 4 is 11.9 Å². The van der Waals surface area contributed by atoms with Crippen LogP contribution >= 0.6 is 0 Å². The molecular formula is C17H24N4O2. The molecule has 0 spiro atoms. The number of rotatable bonds is 5. The molecule has 0 radical (unpaired) electrons. The number of anilines is 1. The number of carbonyl (C=O) groups excluding carboxylic acids is 1. The molecule has 1 aromatic heterocycles. The lowest BCUT2D eigenvalue weighted by Gasteiger charge is -2.58. The molecule has 124 valence electrons. The number of carbonyl (C=O) groups is 1. The molecule has 4 aliphatic carbocycles. The monoisotopic (exact) mass is 316 g/mol. The molecule has 0 atom stereocenters. The zero-order chi connectivity index (χ0) is 16.0. The second-order valence-electron chi connectivity index (χ2n) is 7.43. The summed E-state index contributed by atoms with van der Waals surface area (Å²) < 4.78 is 0. The maximum absolute atomic E-state index is 11.6. The molecule has 4 fully saturated rings. The van der Waals surface area contributed by atoms with E-state index >= 15 is 0 Å². The van der Waals surface area contributed by atoms with Gasteiger partial charge >= 0.3 is 0 Å². The van der Waals surface area contributed by atoms with Gasteiger partial charge in [-0.2, -0.15) is 0 Å². The van der Waals surface area contributed by atoms with Crippen LogP contribution < -0.4 is 11.1 Å². The molecule has 6 nitrogen and oxygen atoms in total. The lowest BCUT2D eigenvalue weighted by Crippen LogP contribution is -2.51. The van der Waals surface area contributed by atoms with Crippen molar-refractivity contribution in [3.63, 3.8) is 0 Å². The highest BCUT2D eigenvalue weighted by atomic mass is 16.3. The number of hydrogen-bond acceptors (Lipinski definition) is 5. The first-order valence-electron chi connectivity index (χ1n) is 8.70. The zero-order valence-corrected chi connectivity index (χ0v) is 13.2. The molecule has 23 heavy (non-hydrogen) atoms. The van der Waals surface area contributed by atoms with Gasteiger partial charge in [-0.05, 0) is 62.7 Å². The van der Waals surface area contributed by atoms with Gasteiger partial charge in [0.2, 0.25) is 5.95 Å². The van der Waals surface area contributed by atoms with E-state index in [1.54, 1.807) is 6.20 Å². The Kier molecular flexibility index (Phi) is 3.71. The average molecular weight is 316 g/mol. The molecule has 0 aliphatic heterocycles. The van der Waals surface area contributed by atoms with Gasteiger partial charge in [-0.25, -0.2) is 9.97 Å². The van der Waals surface area contributed by atoms with Gasteiger partial charge in [0, 0.05) is 12.2 Å². The Morgan fingerprint density at radius 3 is 2.52 bits per heavy atom. The van der Waals surface area contributed by atoms with Crippen molar-refractivity contribution in [3.8, 4) is 0 Å². The SMILES string of the molecule is NC(=O)c1cnc(NC2CCC(O)CC2)nc1CC1C2CC1C2. The van der Waals surface area contributed by atoms with E-state index in [1.807, 2.05) is 0 Å². The maximum Gasteiger partial charge on any atom is 0.252 e. The summed E-state index contributed by atoms with van der Waals surface area (Å²) in [5, 5.41) is 12.9. The van der Waals surface area contributed by atoms with Crippen molar-refractivity contribution in [2.24, 2.45) is 23.5 Å². The van der Waals surface area contributed by atoms with E-state index in [1.165, 1.54) is 12.8 Å². The first kappa shape index (κ1) is 14.9. The number of nitrogens with one attached hydrogen (secondary N) is 1. The fourth-order valence-corrected chi connectivity index (χ4v) is 4.21. The van der Waals surface area contributed by atoms with Gasteiger partial charge in [0.05, 0.1) is 17.4 Å². The zero-order valence-electron chi connectivity index (χ0n) is 13.2. The first-order valence-corrected chi connectivity index (χ1v) is 8.70. The minimum absolute atomic E-state index is 0.174. The van der Waals surface area contributed by atoms with Gasteiger partial charge in [-0.15, -0.1) is 0 Å². The third kappa shape index (κ3) is 2.80. The van der Waals surface area contributed by atoms with Crippen molar-refractivity contribution in [2.45, 2.75) is 57.1 Å². The molecule has 5 rings (SSSR count). The van der Waals surface area contributed by atoms with Crippen LogP contribution in [0.2, 0.25) is 0 Å². The molecule has 0 aromatic carbocycles. The van der Waals surface area contributed by atoms with Crippen LogP contribution in [-0.4, -0.2) is 33.1 Å². The summed E-state index contributed by atoms with van der Waals surface area (Å²) >= 11 is 0. The second-order valence-corrected chi connectivity index (χ2v) is 7.43. The molecule has 1 aromatic rings. The number of aliphatic hydroxyl groups excluding tert-OH is 1. The Balaban J connectivity index is 1.47. The van der Waals surface area contributed by atoms with Gasteiger partial charge < -0.3 is 16.2 Å². The molecule has 0 unspecified atom stereocenters. The molecule has 2 bridgehead atoms. The molecule has 1 heterocycles. The van der Waals surface area contributed by atoms with E-state index < -0.39 is 5.91 Å². The molecule has 4 N–H and O–H groups in total. The Labute approximate surface area is 135 Å². The first-order chi connectivity index (χ1) is 11.1. The topological polar surface area (TPSA) is 101 Å². The molecule has 6 heteroatoms. The standard InChI is InChI=1S/C17H24N4O2/c18-16(23)14-8-19-17(20-11-1-3-12(22)4-2-11)21-15(14)7-13-9-5-10(13)6-9/h8-13,22H,1-7H2,(H2,18,23)(H,19,20,21). The second kappa shape index (κ2) is 5.74. The Morgan fingerprint density at radius 2 is 1.96 bits per heavy atom. The van der Waals surface area contributed by atoms with Crippen LogP contribution in [0, 0.1) is 17.8 Å². The quantitative estimate of drug-likeness (QED) is 0.764. The van der Waals surface area contributed by atoms with E-state index in [0.29, 0.717) is 23.5 Å². The van der Waals surface area contributed by atoms with Gasteiger partial charge in [0.25, 0.3) is 5.91 Å². The molecule has 1 amide bonds. The van der Waals surface area contributed by atoms with Crippen molar-refractivity contribution in [2.75, 3.05) is 5.32 Å². The predicted molar refractivity (Wildman–Crippen MR) is 85.8 cm³/mol. The minimum atomic E-state index is -0.444. The van der Waals surface area contributed by atoms with Crippen LogP contribution in [0.5, 0.6) is 0 Å². The van der Waals surface area contributed by atoms with Crippen molar-refractivity contribution in [3.05, 3.63) is 17.5 Å². The number of nitrogens with two attached hydrogens (primary N) is 1. The molecular weight excluding hydrogens is 292 g/mol. The highest BCUT2D eigenvalue weighted by molar-refractivity contribution is 5.93. The normalized spacial score (nSPS) is 35.1. The number of nitrogens with zero attached hydrogens (tertiary/aromatic N) is 2. The average Bonchev–Trinajstić information content (AvgIpc) is 2.45. The van der Waals surface area contributed by atoms with E-state index in [9.17, 15) is 9.90 Å². The summed E-state index contributed by atoms with van der Waals surface area (Å²) in [6.45, 7) is 0. The van der Waals surface area contributed by atoms with Crippen molar-refractivity contribution in [1.82, 2.24) is 9.97 Å². The van der Waals surface area contributed by atoms with Crippen LogP contribution in [0.3, 0.4) is 0 Å². The van der Waals surface area contributed by atoms with Crippen LogP contribution in [0.25, 0.3) is 0 Å². The number of aromatic nitrogens is 2. The maximum atomic E-state index is 11.6. The van der Waals surface area contributed by atoms with E-state index in [0.717, 1.165) is 49.6 Å². The Morgan fingerprint density at radius 1 is 1.26 bits per heavy atom. The summed E-state index contributed by atoms with van der Waals surface area (Å²) in [4.78, 5) is 20.5. The van der Waals surface area contributed by atoms with Crippen LogP contribution in [0.15, 0.2) is 6.20 Å². The highest BCUT2D eigenvalue weighted by Crippen LogP contribution is 2.59. The van der Waals surface area contributed by atoms with E-state index in [2.05, 4.69) is 15.3 Å². The number of amides is 1. The third-order valence-corrected chi connectivity index (χ3v) is 6.01. The third-order valence-electron chi connectivity index (χ3n) is 6.01. The van der Waals surface area contributed by atoms with Crippen LogP contribution in [0.1, 0.15) is 54.6 Å². The predicted octanol–water partition coefficient (Wildman–Crippen LogP) is 1.49. The van der Waals surface area contributed by atoms with Crippen LogP contribution in [-0.2, 0) is 6.42 Å². The molecule has 4 saturated carbocycles. The van der Waals surface area contributed by atoms with Gasteiger partial charge in [-0.1, -0.05) is 0 Å². The highest BCUT2D eigenvalue weighted by Gasteiger charge is 2.52. The Hall–Kier alpha value is -1.69. The number of aliphatic hydroxyl groups is 1. The van der Waals surface area contributed by atoms with Gasteiger partial charge in [0.15, 0.2) is 0 Å². The smallest absolute Gasteiger partial charge is 0.252 e. The van der Waals surface area contributed by atoms with Crippen molar-refractivity contribution in [1.29, 1.82) is 0 Å². The van der Waals surface area contributed by atoms with E-state index in [-0.39, 0.29) is 6.10 Å². The number of hydrogen-bond donors (Lipinski definition) is 3. The summed E-state index contributed by atoms with van der Waals surface area (Å²) in [5.74, 6) is 2.47. The summed E-state index contributed by atoms with van der Waals surface area (Å²) in [5.41, 5.74) is 6.73. The van der Waals surface area contributed by atoms with E-state index in [4.69, 9.17) is 5.73 Å². The minimum Gasteiger partial charge on any atom is -0.393 e. The summed E-state index contributed by atoms with van der Waals surface area (Å²) in [6, 6.07) is 0.294. The lowest BCUT2D eigenvalue weighted by molar-refractivity contribution is -0.0800. The number of primary amides is 1. The largest absolute Gasteiger partial charge is 0.393 e. The van der Waals surface area contributed by atoms with Gasteiger partial charge in [-0.3, -0.25) is 4.79 Å². The van der Waals surface area contributed by atoms with Crippen LogP contribution in [0.4, 0.5) is 5.95 Å². The summed E-state index contributed by atoms with van der Waals surface area (Å²) in [6.07, 6.45) is 8.39.